The van der Waals surface area contributed by atoms with Gasteiger partial charge in [-0.2, -0.15) is 0 Å². The van der Waals surface area contributed by atoms with E-state index in [1.54, 1.807) is 6.07 Å². The second-order valence-corrected chi connectivity index (χ2v) is 10.1. The molecule has 0 amide bonds. The van der Waals surface area contributed by atoms with E-state index >= 15 is 0 Å². The smallest absolute Gasteiger partial charge is 0.178 e. The Hall–Kier alpha value is -1.43. The first-order valence-corrected chi connectivity index (χ1v) is 13.2. The number of ether oxygens (including phenoxy) is 4. The highest BCUT2D eigenvalue weighted by molar-refractivity contribution is 6.42. The zero-order chi connectivity index (χ0) is 25.5. The van der Waals surface area contributed by atoms with Crippen LogP contribution in [0.3, 0.4) is 0 Å². The molecule has 0 bridgehead atoms. The first kappa shape index (κ1) is 27.6. The summed E-state index contributed by atoms with van der Waals surface area (Å²) in [5.74, 6) is 0.908. The number of anilines is 1. The highest BCUT2D eigenvalue weighted by Crippen LogP contribution is 2.39. The molecule has 1 aromatic rings. The van der Waals surface area contributed by atoms with Gasteiger partial charge >= 0.3 is 0 Å². The number of benzene rings is 1. The maximum absolute atomic E-state index is 6.29. The van der Waals surface area contributed by atoms with Crippen LogP contribution in [0, 0.1) is 0 Å². The van der Waals surface area contributed by atoms with Crippen LogP contribution in [-0.4, -0.2) is 94.4 Å². The molecular weight excluding hydrogens is 505 g/mol. The molecule has 3 aliphatic rings. The minimum atomic E-state index is -0.392. The normalized spacial score (nSPS) is 29.5. The number of rotatable bonds is 13. The molecular formula is C25H37Cl2N5O4. The summed E-state index contributed by atoms with van der Waals surface area (Å²) in [6, 6.07) is 5.78. The largest absolute Gasteiger partial charge is 0.378 e. The van der Waals surface area contributed by atoms with Crippen LogP contribution >= 0.6 is 23.2 Å². The van der Waals surface area contributed by atoms with Gasteiger partial charge in [-0.1, -0.05) is 29.3 Å². The Labute approximate surface area is 223 Å². The van der Waals surface area contributed by atoms with E-state index in [0.717, 1.165) is 43.9 Å². The number of halogens is 2. The summed E-state index contributed by atoms with van der Waals surface area (Å²) in [6.07, 6.45) is 4.31. The Bertz CT molecular complexity index is 922. The first-order valence-electron chi connectivity index (χ1n) is 12.5. The average Bonchev–Trinajstić information content (AvgIpc) is 3.48. The lowest BCUT2D eigenvalue weighted by molar-refractivity contribution is -0.0854. The fraction of sp³-hybridized carbons (Fsp3) is 0.640. The van der Waals surface area contributed by atoms with Crippen LogP contribution in [-0.2, 0) is 18.9 Å². The molecule has 36 heavy (non-hydrogen) atoms. The standard InChI is InChI=1S/C25H37Cl2N5O4/c1-3-25(35-15-14-34-13-12-33-11-8-28)7-10-31(2)21(17-25)23-24(36-23)29-22-6-9-32(30-22)18-4-5-19(26)20(27)16-18/h3-5,16,21,23-24H,1,6-15,17,28H2,2H3,(H,29,30)/t21-,23?,24?,25-/m0/s1. The highest BCUT2D eigenvalue weighted by Gasteiger charge is 2.51. The fourth-order valence-electron chi connectivity index (χ4n) is 4.67. The zero-order valence-corrected chi connectivity index (χ0v) is 22.3. The minimum absolute atomic E-state index is 0.0301. The number of amidine groups is 1. The molecule has 1 aromatic carbocycles. The van der Waals surface area contributed by atoms with Crippen molar-refractivity contribution in [2.24, 2.45) is 10.7 Å². The molecule has 0 radical (unpaired) electrons. The van der Waals surface area contributed by atoms with E-state index in [0.29, 0.717) is 49.6 Å². The number of hydrazine groups is 1. The number of nitrogens with one attached hydrogen (secondary N) is 1. The third-order valence-electron chi connectivity index (χ3n) is 6.85. The monoisotopic (exact) mass is 541 g/mol. The van der Waals surface area contributed by atoms with E-state index in [2.05, 4.69) is 24.0 Å². The number of hydrogen-bond acceptors (Lipinski definition) is 8. The summed E-state index contributed by atoms with van der Waals surface area (Å²) in [6.45, 7) is 8.94. The number of aliphatic imine (C=N–C) groups is 1. The van der Waals surface area contributed by atoms with Gasteiger partial charge in [-0.05, 0) is 38.1 Å². The summed E-state index contributed by atoms with van der Waals surface area (Å²) in [7, 11) is 2.13. The molecule has 4 atom stereocenters. The van der Waals surface area contributed by atoms with E-state index in [9.17, 15) is 0 Å². The zero-order valence-electron chi connectivity index (χ0n) is 20.8. The van der Waals surface area contributed by atoms with Crippen molar-refractivity contribution in [2.75, 3.05) is 64.7 Å². The van der Waals surface area contributed by atoms with Crippen LogP contribution in [0.5, 0.6) is 0 Å². The van der Waals surface area contributed by atoms with Crippen LogP contribution in [0.2, 0.25) is 10.0 Å². The van der Waals surface area contributed by atoms with Crippen LogP contribution in [0.15, 0.2) is 35.8 Å². The molecule has 3 fully saturated rings. The van der Waals surface area contributed by atoms with Gasteiger partial charge in [0.25, 0.3) is 0 Å². The van der Waals surface area contributed by atoms with Gasteiger partial charge in [-0.15, -0.1) is 6.58 Å². The average molecular weight is 543 g/mol. The third-order valence-corrected chi connectivity index (χ3v) is 7.59. The van der Waals surface area contributed by atoms with Gasteiger partial charge in [0.1, 0.15) is 11.9 Å². The molecule has 0 aliphatic carbocycles. The number of nitrogens with zero attached hydrogens (tertiary/aromatic N) is 3. The van der Waals surface area contributed by atoms with Crippen molar-refractivity contribution in [3.05, 3.63) is 40.9 Å². The van der Waals surface area contributed by atoms with Crippen molar-refractivity contribution in [1.29, 1.82) is 0 Å². The predicted molar refractivity (Wildman–Crippen MR) is 143 cm³/mol. The van der Waals surface area contributed by atoms with E-state index in [1.807, 2.05) is 23.2 Å². The van der Waals surface area contributed by atoms with Crippen molar-refractivity contribution >= 4 is 34.7 Å². The van der Waals surface area contributed by atoms with Crippen LogP contribution in [0.4, 0.5) is 5.69 Å². The molecule has 9 nitrogen and oxygen atoms in total. The van der Waals surface area contributed by atoms with E-state index < -0.39 is 5.60 Å². The van der Waals surface area contributed by atoms with E-state index in [1.165, 1.54) is 0 Å². The van der Waals surface area contributed by atoms with Gasteiger partial charge in [0, 0.05) is 32.1 Å². The maximum Gasteiger partial charge on any atom is 0.178 e. The number of nitrogens with two attached hydrogens (primary N) is 1. The molecule has 0 saturated carbocycles. The molecule has 0 spiro atoms. The van der Waals surface area contributed by atoms with Crippen LogP contribution in [0.1, 0.15) is 19.3 Å². The van der Waals surface area contributed by atoms with Crippen LogP contribution in [0.25, 0.3) is 0 Å². The number of likely N-dealkylation sites (N-methyl/N-ethyl adjacent to an activating group) is 1. The summed E-state index contributed by atoms with van der Waals surface area (Å²) >= 11 is 12.2. The number of piperidine rings is 1. The summed E-state index contributed by atoms with van der Waals surface area (Å²) in [5.41, 5.74) is 9.33. The summed E-state index contributed by atoms with van der Waals surface area (Å²) in [5, 5.41) is 3.09. The van der Waals surface area contributed by atoms with Gasteiger partial charge < -0.3 is 29.6 Å². The van der Waals surface area contributed by atoms with Gasteiger partial charge in [0.05, 0.1) is 54.4 Å². The molecule has 0 aromatic heterocycles. The van der Waals surface area contributed by atoms with Gasteiger partial charge in [-0.25, -0.2) is 4.99 Å². The van der Waals surface area contributed by atoms with Crippen molar-refractivity contribution in [3.63, 3.8) is 0 Å². The second-order valence-electron chi connectivity index (χ2n) is 9.31. The molecule has 200 valence electrons. The second kappa shape index (κ2) is 12.9. The van der Waals surface area contributed by atoms with Gasteiger partial charge in [0.15, 0.2) is 6.23 Å². The third kappa shape index (κ3) is 7.11. The Morgan fingerprint density at radius 2 is 1.97 bits per heavy atom. The molecule has 3 saturated heterocycles. The molecule has 3 N–H and O–H groups in total. The van der Waals surface area contributed by atoms with Crippen LogP contribution < -0.4 is 16.2 Å². The lowest BCUT2D eigenvalue weighted by Crippen LogP contribution is -2.52. The van der Waals surface area contributed by atoms with Crippen molar-refractivity contribution in [2.45, 2.75) is 43.2 Å². The Morgan fingerprint density at radius 1 is 1.19 bits per heavy atom. The lowest BCUT2D eigenvalue weighted by Gasteiger charge is -2.43. The van der Waals surface area contributed by atoms with Crippen molar-refractivity contribution < 1.29 is 18.9 Å². The number of hydrogen-bond donors (Lipinski definition) is 2. The highest BCUT2D eigenvalue weighted by atomic mass is 35.5. The first-order chi connectivity index (χ1) is 17.4. The predicted octanol–water partition coefficient (Wildman–Crippen LogP) is 2.86. The molecule has 4 rings (SSSR count). The fourth-order valence-corrected chi connectivity index (χ4v) is 4.97. The van der Waals surface area contributed by atoms with Gasteiger partial charge in [-0.3, -0.25) is 10.4 Å². The molecule has 2 unspecified atom stereocenters. The number of likely N-dealkylation sites (tertiary alicyclic amines) is 1. The van der Waals surface area contributed by atoms with E-state index in [-0.39, 0.29) is 18.4 Å². The number of epoxide rings is 1. The van der Waals surface area contributed by atoms with Crippen molar-refractivity contribution in [1.82, 2.24) is 10.3 Å². The molecule has 3 aliphatic heterocycles. The Morgan fingerprint density at radius 3 is 2.72 bits per heavy atom. The molecule has 3 heterocycles. The minimum Gasteiger partial charge on any atom is -0.378 e. The van der Waals surface area contributed by atoms with E-state index in [4.69, 9.17) is 52.9 Å². The summed E-state index contributed by atoms with van der Waals surface area (Å²) in [4.78, 5) is 7.17. The maximum atomic E-state index is 6.29. The lowest BCUT2D eigenvalue weighted by atomic mass is 9.85. The Balaban J connectivity index is 1.25. The SMILES string of the molecule is C=C[C@]1(OCCOCCOCCN)CCN(C)[C@H](C2OC2/N=C2\CCN(c3ccc(Cl)c(Cl)c3)N2)C1. The summed E-state index contributed by atoms with van der Waals surface area (Å²) < 4.78 is 23.3. The Kier molecular flexibility index (Phi) is 9.88. The topological polar surface area (TPSA) is 97.1 Å². The van der Waals surface area contributed by atoms with Gasteiger partial charge in [0.2, 0.25) is 0 Å². The quantitative estimate of drug-likeness (QED) is 0.223. The molecule has 11 heteroatoms. The van der Waals surface area contributed by atoms with Crippen molar-refractivity contribution in [3.8, 4) is 0 Å².